The number of thioether (sulfide) groups is 1. The lowest BCUT2D eigenvalue weighted by molar-refractivity contribution is 0.931. The van der Waals surface area contributed by atoms with Crippen LogP contribution in [0.5, 0.6) is 0 Å². The molecule has 0 unspecified atom stereocenters. The highest BCUT2D eigenvalue weighted by molar-refractivity contribution is 7.99. The molecule has 0 atom stereocenters. The van der Waals surface area contributed by atoms with Crippen molar-refractivity contribution in [1.29, 1.82) is 0 Å². The number of rotatable bonds is 5. The molecule has 0 N–H and O–H groups in total. The van der Waals surface area contributed by atoms with Crippen LogP contribution in [0.2, 0.25) is 0 Å². The quantitative estimate of drug-likeness (QED) is 0.331. The molecule has 5 rings (SSSR count). The van der Waals surface area contributed by atoms with Gasteiger partial charge in [-0.15, -0.1) is 11.8 Å². The van der Waals surface area contributed by atoms with Gasteiger partial charge in [-0.1, -0.05) is 44.2 Å². The van der Waals surface area contributed by atoms with Crippen molar-refractivity contribution in [3.05, 3.63) is 103 Å². The Balaban J connectivity index is 0.00000119. The molecular weight excluding hydrogens is 412 g/mol. The Morgan fingerprint density at radius 1 is 0.781 bits per heavy atom. The van der Waals surface area contributed by atoms with Gasteiger partial charge in [-0.2, -0.15) is 0 Å². The van der Waals surface area contributed by atoms with Gasteiger partial charge in [-0.3, -0.25) is 9.97 Å². The zero-order chi connectivity index (χ0) is 22.2. The zero-order valence-electron chi connectivity index (χ0n) is 18.6. The first-order valence-corrected chi connectivity index (χ1v) is 12.0. The molecule has 3 heterocycles. The van der Waals surface area contributed by atoms with Crippen molar-refractivity contribution in [3.8, 4) is 0 Å². The summed E-state index contributed by atoms with van der Waals surface area (Å²) in [6, 6.07) is 25.5. The summed E-state index contributed by atoms with van der Waals surface area (Å²) in [6.07, 6.45) is 7.42. The van der Waals surface area contributed by atoms with E-state index in [0.29, 0.717) is 0 Å². The number of nitrogens with zero attached hydrogens (tertiary/aromatic N) is 4. The molecule has 32 heavy (non-hydrogen) atoms. The van der Waals surface area contributed by atoms with Gasteiger partial charge in [-0.25, -0.2) is 0 Å². The summed E-state index contributed by atoms with van der Waals surface area (Å²) in [5.74, 6) is 1.08. The van der Waals surface area contributed by atoms with Gasteiger partial charge < -0.3 is 9.80 Å². The molecule has 5 heteroatoms. The van der Waals surface area contributed by atoms with Crippen LogP contribution in [0.3, 0.4) is 0 Å². The predicted octanol–water partition coefficient (Wildman–Crippen LogP) is 7.08. The number of para-hydroxylation sites is 2. The Labute approximate surface area is 195 Å². The van der Waals surface area contributed by atoms with Crippen molar-refractivity contribution in [2.45, 2.75) is 25.3 Å². The van der Waals surface area contributed by atoms with Gasteiger partial charge in [0.2, 0.25) is 0 Å². The first-order chi connectivity index (χ1) is 15.9. The van der Waals surface area contributed by atoms with Crippen molar-refractivity contribution in [3.63, 3.8) is 0 Å². The molecule has 0 amide bonds. The molecule has 0 fully saturated rings. The summed E-state index contributed by atoms with van der Waals surface area (Å²) in [6.45, 7) is 5.73. The second kappa shape index (κ2) is 10.8. The van der Waals surface area contributed by atoms with Crippen molar-refractivity contribution >= 4 is 34.5 Å². The highest BCUT2D eigenvalue weighted by atomic mass is 32.2. The van der Waals surface area contributed by atoms with Crippen molar-refractivity contribution in [2.75, 3.05) is 22.1 Å². The monoisotopic (exact) mass is 440 g/mol. The van der Waals surface area contributed by atoms with Crippen LogP contribution in [-0.4, -0.2) is 22.3 Å². The number of hydrogen-bond donors (Lipinski definition) is 0. The maximum atomic E-state index is 4.34. The Morgan fingerprint density at radius 2 is 1.41 bits per heavy atom. The molecule has 0 spiro atoms. The van der Waals surface area contributed by atoms with Crippen LogP contribution in [0, 0.1) is 0 Å². The molecule has 4 nitrogen and oxygen atoms in total. The number of benzene rings is 2. The minimum absolute atomic E-state index is 0.735. The van der Waals surface area contributed by atoms with Gasteiger partial charge in [0.1, 0.15) is 0 Å². The number of fused-ring (bicyclic) bond motifs is 1. The van der Waals surface area contributed by atoms with Crippen molar-refractivity contribution in [2.24, 2.45) is 0 Å². The first kappa shape index (κ1) is 21.9. The average Bonchev–Trinajstić information content (AvgIpc) is 2.89. The number of hydrogen-bond acceptors (Lipinski definition) is 5. The van der Waals surface area contributed by atoms with Crippen molar-refractivity contribution < 1.29 is 0 Å². The van der Waals surface area contributed by atoms with Crippen molar-refractivity contribution in [1.82, 2.24) is 9.97 Å². The van der Waals surface area contributed by atoms with E-state index >= 15 is 0 Å². The van der Waals surface area contributed by atoms with E-state index in [-0.39, 0.29) is 0 Å². The second-order valence-electron chi connectivity index (χ2n) is 7.11. The fraction of sp³-hybridized carbons (Fsp3) is 0.185. The van der Waals surface area contributed by atoms with Crippen LogP contribution in [0.1, 0.15) is 19.4 Å². The fourth-order valence-corrected chi connectivity index (χ4v) is 4.85. The Bertz CT molecular complexity index is 1080. The van der Waals surface area contributed by atoms with Crippen LogP contribution in [-0.2, 0) is 6.54 Å². The Morgan fingerprint density at radius 3 is 2.06 bits per heavy atom. The molecule has 0 saturated carbocycles. The molecular formula is C27H28N4S. The average molecular weight is 441 g/mol. The lowest BCUT2D eigenvalue weighted by atomic mass is 10.1. The molecule has 0 saturated heterocycles. The summed E-state index contributed by atoms with van der Waals surface area (Å²) in [5.41, 5.74) is 5.91. The molecule has 162 valence electrons. The maximum absolute atomic E-state index is 4.34. The largest absolute Gasteiger partial charge is 0.339 e. The lowest BCUT2D eigenvalue weighted by Crippen LogP contribution is -2.26. The molecule has 1 aliphatic heterocycles. The highest BCUT2D eigenvalue weighted by Gasteiger charge is 2.21. The van der Waals surface area contributed by atoms with Gasteiger partial charge in [-0.05, 0) is 48.0 Å². The number of anilines is 4. The van der Waals surface area contributed by atoms with E-state index in [1.807, 2.05) is 50.1 Å². The van der Waals surface area contributed by atoms with Crippen LogP contribution < -0.4 is 9.80 Å². The van der Waals surface area contributed by atoms with E-state index in [4.69, 9.17) is 0 Å². The topological polar surface area (TPSA) is 32.3 Å². The lowest BCUT2D eigenvalue weighted by Gasteiger charge is -2.33. The minimum atomic E-state index is 0.735. The molecule has 2 aromatic carbocycles. The smallest absolute Gasteiger partial charge is 0.0600 e. The molecule has 4 aromatic rings. The van der Waals surface area contributed by atoms with Gasteiger partial charge in [0, 0.05) is 35.3 Å². The van der Waals surface area contributed by atoms with Gasteiger partial charge in [0.05, 0.1) is 36.0 Å². The summed E-state index contributed by atoms with van der Waals surface area (Å²) in [4.78, 5) is 14.7. The summed E-state index contributed by atoms with van der Waals surface area (Å²) in [7, 11) is 0. The zero-order valence-corrected chi connectivity index (χ0v) is 19.4. The van der Waals surface area contributed by atoms with Gasteiger partial charge in [0.25, 0.3) is 0 Å². The van der Waals surface area contributed by atoms with Gasteiger partial charge >= 0.3 is 0 Å². The van der Waals surface area contributed by atoms with E-state index in [9.17, 15) is 0 Å². The summed E-state index contributed by atoms with van der Waals surface area (Å²) < 4.78 is 0. The summed E-state index contributed by atoms with van der Waals surface area (Å²) in [5, 5.41) is 0. The van der Waals surface area contributed by atoms with E-state index in [1.165, 1.54) is 21.8 Å². The molecule has 1 aliphatic rings. The first-order valence-electron chi connectivity index (χ1n) is 11.0. The molecule has 2 aromatic heterocycles. The second-order valence-corrected chi connectivity index (χ2v) is 8.24. The summed E-state index contributed by atoms with van der Waals surface area (Å²) >= 11 is 1.93. The fourth-order valence-electron chi connectivity index (χ4n) is 3.86. The van der Waals surface area contributed by atoms with Crippen LogP contribution in [0.4, 0.5) is 22.7 Å². The van der Waals surface area contributed by atoms with E-state index < -0.39 is 0 Å². The predicted molar refractivity (Wildman–Crippen MR) is 136 cm³/mol. The minimum Gasteiger partial charge on any atom is -0.339 e. The molecule has 0 aliphatic carbocycles. The third kappa shape index (κ3) is 4.78. The van der Waals surface area contributed by atoms with E-state index in [0.717, 1.165) is 30.2 Å². The van der Waals surface area contributed by atoms with Crippen LogP contribution in [0.15, 0.2) is 102 Å². The van der Waals surface area contributed by atoms with E-state index in [2.05, 4.69) is 80.4 Å². The Kier molecular flexibility index (Phi) is 7.41. The third-order valence-electron chi connectivity index (χ3n) is 5.25. The van der Waals surface area contributed by atoms with Crippen LogP contribution in [0.25, 0.3) is 0 Å². The van der Waals surface area contributed by atoms with E-state index in [1.54, 1.807) is 12.4 Å². The number of aromatic nitrogens is 2. The van der Waals surface area contributed by atoms with Crippen LogP contribution >= 0.6 is 11.8 Å². The standard InChI is InChI=1S/C25H22N4S.C2H6/c1-2-10-23(28-15-16-30-25-12-4-3-11-24(25)28)20(7-1)19-29(21-8-5-13-26-17-21)22-9-6-14-27-18-22;1-2/h1-14,17-18H,15-16,19H2;1-2H3. The normalized spacial score (nSPS) is 12.4. The molecule has 0 radical (unpaired) electrons. The highest BCUT2D eigenvalue weighted by Crippen LogP contribution is 2.40. The Hall–Kier alpha value is -3.31. The maximum Gasteiger partial charge on any atom is 0.0600 e. The molecule has 0 bridgehead atoms. The third-order valence-corrected chi connectivity index (χ3v) is 6.30. The number of pyridine rings is 2. The SMILES string of the molecule is CC.c1cncc(N(Cc2ccccc2N2CCSc3ccccc32)c2cccnc2)c1. The van der Waals surface area contributed by atoms with Gasteiger partial charge in [0.15, 0.2) is 0 Å².